The first-order valence-corrected chi connectivity index (χ1v) is 3.29. The largest absolute Gasteiger partial charge is 0.481 e. The minimum absolute atomic E-state index is 0. The molecule has 68 valence electrons. The molecule has 7 heteroatoms. The van der Waals surface area contributed by atoms with Gasteiger partial charge in [-0.15, -0.1) is 24.2 Å². The Hall–Kier alpha value is -0.460. The fraction of sp³-hybridized carbons (Fsp3) is 0.500. The Morgan fingerprint density at radius 1 is 1.09 bits per heavy atom. The maximum Gasteiger partial charge on any atom is 0.313 e. The fourth-order valence-electron chi connectivity index (χ4n) is 0.226. The number of thioether (sulfide) groups is 1. The van der Waals surface area contributed by atoms with E-state index in [-0.39, 0.29) is 29.4 Å². The van der Waals surface area contributed by atoms with Crippen LogP contribution in [0.15, 0.2) is 0 Å². The second-order valence-corrected chi connectivity index (χ2v) is 2.27. The van der Waals surface area contributed by atoms with Crippen LogP contribution in [0.25, 0.3) is 0 Å². The molecule has 0 fully saturated rings. The van der Waals surface area contributed by atoms with Crippen molar-refractivity contribution in [3.63, 3.8) is 0 Å². The zero-order valence-corrected chi connectivity index (χ0v) is 7.07. The molecule has 0 aromatic rings. The van der Waals surface area contributed by atoms with Crippen molar-refractivity contribution < 1.29 is 25.3 Å². The van der Waals surface area contributed by atoms with Crippen molar-refractivity contribution in [2.45, 2.75) is 0 Å². The van der Waals surface area contributed by atoms with Crippen LogP contribution in [0.2, 0.25) is 0 Å². The molecule has 0 radical (unpaired) electrons. The number of carboxylic acid groups (broad SMARTS) is 2. The molecule has 0 bridgehead atoms. The van der Waals surface area contributed by atoms with Gasteiger partial charge in [0.2, 0.25) is 0 Å². The first-order chi connectivity index (χ1) is 4.13. The molecule has 0 saturated carbocycles. The predicted octanol–water partition coefficient (Wildman–Crippen LogP) is -0.514. The highest BCUT2D eigenvalue weighted by molar-refractivity contribution is 8.00. The van der Waals surface area contributed by atoms with Crippen molar-refractivity contribution in [1.29, 1.82) is 0 Å². The summed E-state index contributed by atoms with van der Waals surface area (Å²) < 4.78 is 0. The first kappa shape index (κ1) is 16.9. The van der Waals surface area contributed by atoms with Crippen LogP contribution in [0, 0.1) is 0 Å². The number of aliphatic carboxylic acids is 2. The van der Waals surface area contributed by atoms with Crippen LogP contribution < -0.4 is 0 Å². The second-order valence-electron chi connectivity index (χ2n) is 1.28. The van der Waals surface area contributed by atoms with Crippen LogP contribution in [0.1, 0.15) is 0 Å². The summed E-state index contributed by atoms with van der Waals surface area (Å²) in [5.41, 5.74) is 0. The Labute approximate surface area is 73.5 Å². The lowest BCUT2D eigenvalue weighted by Gasteiger charge is -1.89. The molecule has 0 aliphatic carbocycles. The van der Waals surface area contributed by atoms with Crippen LogP contribution in [0.5, 0.6) is 0 Å². The number of rotatable bonds is 4. The molecule has 5 nitrogen and oxygen atoms in total. The highest BCUT2D eigenvalue weighted by Gasteiger charge is 1.99. The highest BCUT2D eigenvalue weighted by Crippen LogP contribution is 1.96. The van der Waals surface area contributed by atoms with Crippen molar-refractivity contribution in [2.75, 3.05) is 11.5 Å². The van der Waals surface area contributed by atoms with Gasteiger partial charge >= 0.3 is 11.9 Å². The Bertz CT molecular complexity index is 114. The summed E-state index contributed by atoms with van der Waals surface area (Å²) in [6.45, 7) is 0. The third-order valence-corrected chi connectivity index (χ3v) is 1.35. The molecule has 0 saturated heterocycles. The highest BCUT2D eigenvalue weighted by atomic mass is 35.5. The van der Waals surface area contributed by atoms with Crippen molar-refractivity contribution in [2.24, 2.45) is 0 Å². The molecule has 0 aromatic heterocycles. The van der Waals surface area contributed by atoms with Gasteiger partial charge in [-0.3, -0.25) is 9.59 Å². The Morgan fingerprint density at radius 2 is 1.36 bits per heavy atom. The van der Waals surface area contributed by atoms with E-state index in [1.54, 1.807) is 0 Å². The molecule has 0 unspecified atom stereocenters. The monoisotopic (exact) mass is 204 g/mol. The van der Waals surface area contributed by atoms with E-state index in [2.05, 4.69) is 0 Å². The number of halogens is 1. The van der Waals surface area contributed by atoms with Crippen LogP contribution >= 0.6 is 24.2 Å². The zero-order chi connectivity index (χ0) is 7.28. The SMILES string of the molecule is Cl.O.O=C(O)CSCC(=O)O. The topological polar surface area (TPSA) is 106 Å². The molecule has 0 aliphatic rings. The Kier molecular flexibility index (Phi) is 14.6. The number of carboxylic acids is 2. The summed E-state index contributed by atoms with van der Waals surface area (Å²) in [7, 11) is 0. The second kappa shape index (κ2) is 9.54. The molecule has 0 rings (SSSR count). The van der Waals surface area contributed by atoms with Gasteiger partial charge in [0.15, 0.2) is 0 Å². The van der Waals surface area contributed by atoms with Gasteiger partial charge in [-0.2, -0.15) is 0 Å². The van der Waals surface area contributed by atoms with E-state index in [0.717, 1.165) is 11.8 Å². The first-order valence-electron chi connectivity index (χ1n) is 2.14. The fourth-order valence-corrected chi connectivity index (χ4v) is 0.677. The summed E-state index contributed by atoms with van der Waals surface area (Å²) in [5.74, 6) is -2.26. The minimum atomic E-state index is -0.985. The van der Waals surface area contributed by atoms with Crippen LogP contribution in [0.4, 0.5) is 0 Å². The van der Waals surface area contributed by atoms with E-state index < -0.39 is 11.9 Å². The third kappa shape index (κ3) is 17.7. The summed E-state index contributed by atoms with van der Waals surface area (Å²) >= 11 is 0.870. The van der Waals surface area contributed by atoms with E-state index in [1.165, 1.54) is 0 Å². The molecule has 0 atom stereocenters. The van der Waals surface area contributed by atoms with Gasteiger partial charge in [-0.1, -0.05) is 0 Å². The standard InChI is InChI=1S/C4H6O4S.ClH.H2O/c5-3(6)1-9-2-4(7)8;;/h1-2H2,(H,5,6)(H,7,8);1H;1H2. The molecule has 0 aliphatic heterocycles. The molecule has 0 amide bonds. The Balaban J connectivity index is -0.000000320. The molecule has 0 spiro atoms. The number of hydrogen-bond acceptors (Lipinski definition) is 3. The molecule has 0 heterocycles. The quantitative estimate of drug-likeness (QED) is 0.641. The number of carbonyl (C=O) groups is 2. The Morgan fingerprint density at radius 3 is 1.55 bits per heavy atom. The van der Waals surface area contributed by atoms with Crippen LogP contribution in [-0.2, 0) is 9.59 Å². The molecule has 4 N–H and O–H groups in total. The molecular formula is C4H9ClO5S. The smallest absolute Gasteiger partial charge is 0.313 e. The zero-order valence-electron chi connectivity index (χ0n) is 5.44. The van der Waals surface area contributed by atoms with Crippen LogP contribution in [-0.4, -0.2) is 39.1 Å². The van der Waals surface area contributed by atoms with Crippen LogP contribution in [0.3, 0.4) is 0 Å². The minimum Gasteiger partial charge on any atom is -0.481 e. The van der Waals surface area contributed by atoms with Crippen molar-refractivity contribution in [1.82, 2.24) is 0 Å². The van der Waals surface area contributed by atoms with E-state index in [0.29, 0.717) is 0 Å². The van der Waals surface area contributed by atoms with Crippen molar-refractivity contribution in [3.05, 3.63) is 0 Å². The van der Waals surface area contributed by atoms with E-state index in [1.807, 2.05) is 0 Å². The van der Waals surface area contributed by atoms with Crippen molar-refractivity contribution in [3.8, 4) is 0 Å². The van der Waals surface area contributed by atoms with E-state index >= 15 is 0 Å². The lowest BCUT2D eigenvalue weighted by Crippen LogP contribution is -2.03. The van der Waals surface area contributed by atoms with Gasteiger partial charge in [0.1, 0.15) is 0 Å². The van der Waals surface area contributed by atoms with E-state index in [9.17, 15) is 9.59 Å². The van der Waals surface area contributed by atoms with Gasteiger partial charge in [0.25, 0.3) is 0 Å². The predicted molar refractivity (Wildman–Crippen MR) is 43.5 cm³/mol. The van der Waals surface area contributed by atoms with Crippen molar-refractivity contribution >= 4 is 36.1 Å². The summed E-state index contributed by atoms with van der Waals surface area (Å²) in [6, 6.07) is 0. The maximum atomic E-state index is 9.77. The molecule has 0 aromatic carbocycles. The summed E-state index contributed by atoms with van der Waals surface area (Å²) in [6.07, 6.45) is 0. The van der Waals surface area contributed by atoms with Gasteiger partial charge in [-0.05, 0) is 0 Å². The number of hydrogen-bond donors (Lipinski definition) is 2. The van der Waals surface area contributed by atoms with Gasteiger partial charge in [0, 0.05) is 0 Å². The van der Waals surface area contributed by atoms with Gasteiger partial charge < -0.3 is 15.7 Å². The lowest BCUT2D eigenvalue weighted by atomic mass is 10.8. The lowest BCUT2D eigenvalue weighted by molar-refractivity contribution is -0.134. The molecule has 11 heavy (non-hydrogen) atoms. The normalized spacial score (nSPS) is 7.27. The maximum absolute atomic E-state index is 9.77. The average Bonchev–Trinajstić information content (AvgIpc) is 1.63. The van der Waals surface area contributed by atoms with E-state index in [4.69, 9.17) is 10.2 Å². The summed E-state index contributed by atoms with van der Waals surface area (Å²) in [4.78, 5) is 19.5. The molecular weight excluding hydrogens is 196 g/mol. The average molecular weight is 205 g/mol. The summed E-state index contributed by atoms with van der Waals surface area (Å²) in [5, 5.41) is 16.0. The van der Waals surface area contributed by atoms with Gasteiger partial charge in [-0.25, -0.2) is 0 Å². The third-order valence-electron chi connectivity index (χ3n) is 0.451. The van der Waals surface area contributed by atoms with Gasteiger partial charge in [0.05, 0.1) is 11.5 Å².